The lowest BCUT2D eigenvalue weighted by Crippen LogP contribution is -2.27. The normalized spacial score (nSPS) is 10.5. The third-order valence-corrected chi connectivity index (χ3v) is 3.83. The minimum absolute atomic E-state index is 0.252. The Balaban J connectivity index is 2.13. The molecule has 0 radical (unpaired) electrons. The van der Waals surface area contributed by atoms with Gasteiger partial charge in [0.25, 0.3) is 5.91 Å². The van der Waals surface area contributed by atoms with E-state index in [4.69, 9.17) is 0 Å². The summed E-state index contributed by atoms with van der Waals surface area (Å²) in [5.74, 6) is -1.88. The first kappa shape index (κ1) is 15.5. The van der Waals surface area contributed by atoms with Crippen molar-refractivity contribution in [3.05, 3.63) is 65.2 Å². The van der Waals surface area contributed by atoms with Crippen LogP contribution in [-0.4, -0.2) is 24.1 Å². The number of hydrogen-bond acceptors (Lipinski definition) is 2. The molecule has 2 nitrogen and oxygen atoms in total. The molecular weight excluding hydrogens is 292 g/mol. The third kappa shape index (κ3) is 3.82. The zero-order valence-corrected chi connectivity index (χ0v) is 12.6. The van der Waals surface area contributed by atoms with Gasteiger partial charge in [0.1, 0.15) is 11.6 Å². The minimum atomic E-state index is -0.717. The topological polar surface area (TPSA) is 20.3 Å². The molecule has 0 aliphatic heterocycles. The Kier molecular flexibility index (Phi) is 4.96. The molecule has 0 fully saturated rings. The summed E-state index contributed by atoms with van der Waals surface area (Å²) in [6.07, 6.45) is 1.98. The lowest BCUT2D eigenvalue weighted by molar-refractivity contribution is 0.0780. The van der Waals surface area contributed by atoms with Crippen LogP contribution in [0.15, 0.2) is 47.4 Å². The van der Waals surface area contributed by atoms with E-state index in [1.165, 1.54) is 4.90 Å². The van der Waals surface area contributed by atoms with Crippen LogP contribution in [-0.2, 0) is 6.54 Å². The van der Waals surface area contributed by atoms with Crippen molar-refractivity contribution in [1.29, 1.82) is 0 Å². The molecule has 0 aliphatic rings. The van der Waals surface area contributed by atoms with Crippen LogP contribution in [0.2, 0.25) is 0 Å². The lowest BCUT2D eigenvalue weighted by Gasteiger charge is -2.18. The third-order valence-electron chi connectivity index (χ3n) is 3.08. The van der Waals surface area contributed by atoms with E-state index in [2.05, 4.69) is 0 Å². The van der Waals surface area contributed by atoms with Gasteiger partial charge in [-0.05, 0) is 42.2 Å². The molecule has 0 aliphatic carbocycles. The number of nitrogens with zero attached hydrogens (tertiary/aromatic N) is 1. The van der Waals surface area contributed by atoms with Gasteiger partial charge >= 0.3 is 0 Å². The molecule has 0 spiro atoms. The molecular formula is C16H15F2NOS. The molecule has 0 heterocycles. The van der Waals surface area contributed by atoms with Crippen molar-refractivity contribution in [3.63, 3.8) is 0 Å². The molecule has 0 unspecified atom stereocenters. The Morgan fingerprint density at radius 3 is 2.43 bits per heavy atom. The summed E-state index contributed by atoms with van der Waals surface area (Å²) in [4.78, 5) is 14.7. The van der Waals surface area contributed by atoms with Crippen LogP contribution >= 0.6 is 11.8 Å². The van der Waals surface area contributed by atoms with E-state index in [0.29, 0.717) is 6.54 Å². The van der Waals surface area contributed by atoms with E-state index in [-0.39, 0.29) is 5.56 Å². The molecule has 2 rings (SSSR count). The zero-order valence-electron chi connectivity index (χ0n) is 11.8. The van der Waals surface area contributed by atoms with Gasteiger partial charge in [0, 0.05) is 18.5 Å². The smallest absolute Gasteiger partial charge is 0.256 e. The van der Waals surface area contributed by atoms with Crippen LogP contribution in [0.5, 0.6) is 0 Å². The summed E-state index contributed by atoms with van der Waals surface area (Å²) in [5.41, 5.74) is 0.679. The van der Waals surface area contributed by atoms with Crippen LogP contribution in [0, 0.1) is 11.6 Å². The number of thioether (sulfide) groups is 1. The van der Waals surface area contributed by atoms with Gasteiger partial charge in [0.15, 0.2) is 0 Å². The Morgan fingerprint density at radius 1 is 1.14 bits per heavy atom. The number of carbonyl (C=O) groups is 1. The highest BCUT2D eigenvalue weighted by molar-refractivity contribution is 7.98. The number of rotatable bonds is 4. The Morgan fingerprint density at radius 2 is 1.81 bits per heavy atom. The maximum absolute atomic E-state index is 13.6. The van der Waals surface area contributed by atoms with Gasteiger partial charge in [0.2, 0.25) is 0 Å². The first-order chi connectivity index (χ1) is 10.0. The van der Waals surface area contributed by atoms with Crippen molar-refractivity contribution >= 4 is 17.7 Å². The molecule has 0 saturated carbocycles. The van der Waals surface area contributed by atoms with E-state index in [1.54, 1.807) is 18.8 Å². The monoisotopic (exact) mass is 307 g/mol. The maximum atomic E-state index is 13.6. The highest BCUT2D eigenvalue weighted by Gasteiger charge is 2.17. The fourth-order valence-electron chi connectivity index (χ4n) is 1.94. The zero-order chi connectivity index (χ0) is 15.4. The second-order valence-electron chi connectivity index (χ2n) is 4.63. The molecule has 5 heteroatoms. The molecule has 0 N–H and O–H groups in total. The molecule has 0 aromatic heterocycles. The second-order valence-corrected chi connectivity index (χ2v) is 5.51. The number of amides is 1. The summed E-state index contributed by atoms with van der Waals surface area (Å²) in [5, 5.41) is 0. The molecule has 0 bridgehead atoms. The van der Waals surface area contributed by atoms with E-state index >= 15 is 0 Å². The first-order valence-corrected chi connectivity index (χ1v) is 7.57. The van der Waals surface area contributed by atoms with Gasteiger partial charge in [0.05, 0.1) is 5.56 Å². The lowest BCUT2D eigenvalue weighted by atomic mass is 10.1. The van der Waals surface area contributed by atoms with Crippen LogP contribution in [0.1, 0.15) is 15.9 Å². The highest BCUT2D eigenvalue weighted by Crippen LogP contribution is 2.17. The summed E-state index contributed by atoms with van der Waals surface area (Å²) in [7, 11) is 1.56. The van der Waals surface area contributed by atoms with Gasteiger partial charge in [-0.25, -0.2) is 8.78 Å². The van der Waals surface area contributed by atoms with E-state index < -0.39 is 17.5 Å². The molecule has 1 amide bonds. The Bertz CT molecular complexity index is 643. The Hall–Kier alpha value is -1.88. The van der Waals surface area contributed by atoms with E-state index in [1.807, 2.05) is 30.5 Å². The summed E-state index contributed by atoms with van der Waals surface area (Å²) < 4.78 is 26.7. The van der Waals surface area contributed by atoms with Crippen LogP contribution in [0.3, 0.4) is 0 Å². The van der Waals surface area contributed by atoms with Crippen LogP contribution < -0.4 is 0 Å². The maximum Gasteiger partial charge on any atom is 0.256 e. The summed E-state index contributed by atoms with van der Waals surface area (Å²) >= 11 is 1.63. The predicted molar refractivity (Wildman–Crippen MR) is 80.4 cm³/mol. The molecule has 2 aromatic carbocycles. The largest absolute Gasteiger partial charge is 0.337 e. The van der Waals surface area contributed by atoms with Gasteiger partial charge in [-0.3, -0.25) is 4.79 Å². The fraction of sp³-hybridized carbons (Fsp3) is 0.188. The average molecular weight is 307 g/mol. The van der Waals surface area contributed by atoms with Gasteiger partial charge < -0.3 is 4.90 Å². The number of hydrogen-bond donors (Lipinski definition) is 0. The van der Waals surface area contributed by atoms with Crippen molar-refractivity contribution in [2.24, 2.45) is 0 Å². The predicted octanol–water partition coefficient (Wildman–Crippen LogP) is 3.96. The average Bonchev–Trinajstić information content (AvgIpc) is 2.49. The molecule has 110 valence electrons. The van der Waals surface area contributed by atoms with Gasteiger partial charge in [-0.2, -0.15) is 0 Å². The number of benzene rings is 2. The van der Waals surface area contributed by atoms with Crippen molar-refractivity contribution in [1.82, 2.24) is 4.90 Å². The molecule has 2 aromatic rings. The van der Waals surface area contributed by atoms with E-state index in [9.17, 15) is 13.6 Å². The summed E-state index contributed by atoms with van der Waals surface area (Å²) in [6, 6.07) is 10.6. The van der Waals surface area contributed by atoms with Crippen molar-refractivity contribution in [3.8, 4) is 0 Å². The minimum Gasteiger partial charge on any atom is -0.337 e. The Labute approximate surface area is 126 Å². The fourth-order valence-corrected chi connectivity index (χ4v) is 2.35. The van der Waals surface area contributed by atoms with Crippen LogP contribution in [0.25, 0.3) is 0 Å². The quantitative estimate of drug-likeness (QED) is 0.797. The molecule has 0 atom stereocenters. The van der Waals surface area contributed by atoms with E-state index in [0.717, 1.165) is 28.7 Å². The van der Waals surface area contributed by atoms with Crippen molar-refractivity contribution in [2.75, 3.05) is 13.3 Å². The summed E-state index contributed by atoms with van der Waals surface area (Å²) in [6.45, 7) is 0.337. The first-order valence-electron chi connectivity index (χ1n) is 6.34. The van der Waals surface area contributed by atoms with Crippen molar-refractivity contribution in [2.45, 2.75) is 11.4 Å². The SMILES string of the molecule is CSc1ccc(CN(C)C(=O)c2cc(F)ccc2F)cc1. The second kappa shape index (κ2) is 6.72. The number of carbonyl (C=O) groups excluding carboxylic acids is 1. The van der Waals surface area contributed by atoms with Gasteiger partial charge in [-0.15, -0.1) is 11.8 Å². The highest BCUT2D eigenvalue weighted by atomic mass is 32.2. The van der Waals surface area contributed by atoms with Gasteiger partial charge in [-0.1, -0.05) is 12.1 Å². The molecule has 21 heavy (non-hydrogen) atoms. The van der Waals surface area contributed by atoms with Crippen molar-refractivity contribution < 1.29 is 13.6 Å². The molecule has 0 saturated heterocycles. The standard InChI is InChI=1S/C16H15F2NOS/c1-19(10-11-3-6-13(21-2)7-4-11)16(20)14-9-12(17)5-8-15(14)18/h3-9H,10H2,1-2H3. The number of halogens is 2. The van der Waals surface area contributed by atoms with Crippen LogP contribution in [0.4, 0.5) is 8.78 Å².